The van der Waals surface area contributed by atoms with E-state index in [1.165, 1.54) is 32.2 Å². The molecule has 0 aromatic carbocycles. The summed E-state index contributed by atoms with van der Waals surface area (Å²) in [6.45, 7) is 10.7. The Balaban J connectivity index is 1.53. The van der Waals surface area contributed by atoms with Gasteiger partial charge in [0.1, 0.15) is 0 Å². The summed E-state index contributed by atoms with van der Waals surface area (Å²) < 4.78 is 11.7. The average molecular weight is 281 g/mol. The van der Waals surface area contributed by atoms with Gasteiger partial charge in [0.05, 0.1) is 12.2 Å². The van der Waals surface area contributed by atoms with Gasteiger partial charge in [0.15, 0.2) is 0 Å². The molecule has 0 radical (unpaired) electrons. The van der Waals surface area contributed by atoms with E-state index in [9.17, 15) is 0 Å². The predicted octanol–water partition coefficient (Wildman–Crippen LogP) is 2.99. The number of nitrogens with one attached hydrogen (secondary N) is 1. The highest BCUT2D eigenvalue weighted by Crippen LogP contribution is 2.47. The van der Waals surface area contributed by atoms with Crippen molar-refractivity contribution in [3.05, 3.63) is 0 Å². The van der Waals surface area contributed by atoms with Gasteiger partial charge in [-0.15, -0.1) is 0 Å². The lowest BCUT2D eigenvalue weighted by atomic mass is 9.63. The third-order valence-corrected chi connectivity index (χ3v) is 5.57. The van der Waals surface area contributed by atoms with E-state index in [0.29, 0.717) is 0 Å². The van der Waals surface area contributed by atoms with Crippen molar-refractivity contribution in [1.29, 1.82) is 0 Å². The molecule has 3 nitrogen and oxygen atoms in total. The molecule has 116 valence electrons. The van der Waals surface area contributed by atoms with E-state index in [1.807, 2.05) is 0 Å². The Kier molecular flexibility index (Phi) is 4.13. The van der Waals surface area contributed by atoms with E-state index in [2.05, 4.69) is 26.1 Å². The maximum Gasteiger partial charge on any atom is 0.0939 e. The van der Waals surface area contributed by atoms with E-state index >= 15 is 0 Å². The van der Waals surface area contributed by atoms with Crippen LogP contribution in [0.5, 0.6) is 0 Å². The van der Waals surface area contributed by atoms with Gasteiger partial charge < -0.3 is 14.8 Å². The number of ether oxygens (including phenoxy) is 2. The van der Waals surface area contributed by atoms with Crippen LogP contribution >= 0.6 is 0 Å². The molecule has 2 saturated heterocycles. The molecule has 3 heteroatoms. The Hall–Kier alpha value is -0.120. The van der Waals surface area contributed by atoms with Crippen LogP contribution in [0.15, 0.2) is 0 Å². The molecule has 0 bridgehead atoms. The van der Waals surface area contributed by atoms with Gasteiger partial charge >= 0.3 is 0 Å². The number of hydrogen-bond donors (Lipinski definition) is 1. The zero-order chi connectivity index (χ0) is 14.2. The second-order valence-corrected chi connectivity index (χ2v) is 8.22. The standard InChI is InChI=1S/C17H31NO2/c1-16(2,3)18-11-14-4-5-15(14)13-6-8-20-17(10-13)7-9-19-12-17/h13-15,18H,4-12H2,1-3H3. The summed E-state index contributed by atoms with van der Waals surface area (Å²) in [4.78, 5) is 0. The molecule has 0 aromatic heterocycles. The molecule has 2 aliphatic heterocycles. The Morgan fingerprint density at radius 2 is 2.00 bits per heavy atom. The molecule has 20 heavy (non-hydrogen) atoms. The van der Waals surface area contributed by atoms with E-state index in [1.54, 1.807) is 0 Å². The van der Waals surface area contributed by atoms with Crippen molar-refractivity contribution in [1.82, 2.24) is 5.32 Å². The van der Waals surface area contributed by atoms with E-state index < -0.39 is 0 Å². The fourth-order valence-electron chi connectivity index (χ4n) is 4.20. The van der Waals surface area contributed by atoms with Crippen molar-refractivity contribution >= 4 is 0 Å². The molecule has 3 rings (SSSR count). The highest BCUT2D eigenvalue weighted by atomic mass is 16.6. The molecule has 3 fully saturated rings. The molecule has 4 unspecified atom stereocenters. The minimum absolute atomic E-state index is 0.0838. The third kappa shape index (κ3) is 3.20. The van der Waals surface area contributed by atoms with Gasteiger partial charge in [-0.3, -0.25) is 0 Å². The van der Waals surface area contributed by atoms with Gasteiger partial charge in [-0.25, -0.2) is 0 Å². The fraction of sp³-hybridized carbons (Fsp3) is 1.00. The minimum Gasteiger partial charge on any atom is -0.378 e. The van der Waals surface area contributed by atoms with Crippen LogP contribution in [0.25, 0.3) is 0 Å². The lowest BCUT2D eigenvalue weighted by molar-refractivity contribution is -0.118. The lowest BCUT2D eigenvalue weighted by Gasteiger charge is -2.48. The quantitative estimate of drug-likeness (QED) is 0.862. The molecule has 0 amide bonds. The Bertz CT molecular complexity index is 330. The first kappa shape index (κ1) is 14.8. The molecule has 3 aliphatic rings. The van der Waals surface area contributed by atoms with Gasteiger partial charge in [-0.1, -0.05) is 0 Å². The van der Waals surface area contributed by atoms with E-state index in [0.717, 1.165) is 44.0 Å². The second kappa shape index (κ2) is 5.58. The van der Waals surface area contributed by atoms with Crippen molar-refractivity contribution < 1.29 is 9.47 Å². The summed E-state index contributed by atoms with van der Waals surface area (Å²) in [5.41, 5.74) is 0.330. The molecular formula is C17H31NO2. The first-order valence-corrected chi connectivity index (χ1v) is 8.44. The molecule has 1 spiro atoms. The summed E-state index contributed by atoms with van der Waals surface area (Å²) in [6, 6.07) is 0. The number of hydrogen-bond acceptors (Lipinski definition) is 3. The summed E-state index contributed by atoms with van der Waals surface area (Å²) in [5.74, 6) is 2.67. The summed E-state index contributed by atoms with van der Waals surface area (Å²) >= 11 is 0. The van der Waals surface area contributed by atoms with Crippen molar-refractivity contribution in [3.8, 4) is 0 Å². The first-order chi connectivity index (χ1) is 9.48. The van der Waals surface area contributed by atoms with Crippen molar-refractivity contribution in [2.45, 2.75) is 64.0 Å². The van der Waals surface area contributed by atoms with E-state index in [-0.39, 0.29) is 11.1 Å². The smallest absolute Gasteiger partial charge is 0.0939 e. The van der Waals surface area contributed by atoms with Gasteiger partial charge in [0.2, 0.25) is 0 Å². The SMILES string of the molecule is CC(C)(C)NCC1CCC1C1CCOC2(CCOC2)C1. The van der Waals surface area contributed by atoms with Crippen molar-refractivity contribution in [3.63, 3.8) is 0 Å². The largest absolute Gasteiger partial charge is 0.378 e. The van der Waals surface area contributed by atoms with Gasteiger partial charge in [-0.2, -0.15) is 0 Å². The maximum absolute atomic E-state index is 6.08. The topological polar surface area (TPSA) is 30.5 Å². The van der Waals surface area contributed by atoms with Crippen LogP contribution in [0, 0.1) is 17.8 Å². The zero-order valence-corrected chi connectivity index (χ0v) is 13.4. The summed E-state index contributed by atoms with van der Waals surface area (Å²) in [7, 11) is 0. The summed E-state index contributed by atoms with van der Waals surface area (Å²) in [5, 5.41) is 3.70. The zero-order valence-electron chi connectivity index (χ0n) is 13.4. The predicted molar refractivity (Wildman–Crippen MR) is 80.8 cm³/mol. The molecule has 2 heterocycles. The minimum atomic E-state index is 0.0838. The summed E-state index contributed by atoms with van der Waals surface area (Å²) in [6.07, 6.45) is 6.45. The highest BCUT2D eigenvalue weighted by molar-refractivity contribution is 4.96. The van der Waals surface area contributed by atoms with E-state index in [4.69, 9.17) is 9.47 Å². The Morgan fingerprint density at radius 1 is 1.15 bits per heavy atom. The Labute approximate surface area is 123 Å². The molecule has 0 aromatic rings. The van der Waals surface area contributed by atoms with Crippen molar-refractivity contribution in [2.75, 3.05) is 26.4 Å². The van der Waals surface area contributed by atoms with Gasteiger partial charge in [-0.05, 0) is 70.8 Å². The van der Waals surface area contributed by atoms with Gasteiger partial charge in [0, 0.05) is 25.2 Å². The number of rotatable bonds is 3. The molecule has 1 aliphatic carbocycles. The molecular weight excluding hydrogens is 250 g/mol. The van der Waals surface area contributed by atoms with Crippen molar-refractivity contribution in [2.24, 2.45) is 17.8 Å². The van der Waals surface area contributed by atoms with Crippen LogP contribution in [0.2, 0.25) is 0 Å². The van der Waals surface area contributed by atoms with Crippen LogP contribution in [0.1, 0.15) is 52.9 Å². The lowest BCUT2D eigenvalue weighted by Crippen LogP contribution is -2.49. The third-order valence-electron chi connectivity index (χ3n) is 5.57. The normalized spacial score (nSPS) is 41.9. The van der Waals surface area contributed by atoms with Crippen LogP contribution < -0.4 is 5.32 Å². The van der Waals surface area contributed by atoms with Crippen LogP contribution in [0.4, 0.5) is 0 Å². The average Bonchev–Trinajstić information content (AvgIpc) is 2.74. The molecule has 4 atom stereocenters. The van der Waals surface area contributed by atoms with Crippen LogP contribution in [-0.4, -0.2) is 37.5 Å². The molecule has 1 N–H and O–H groups in total. The van der Waals surface area contributed by atoms with Crippen LogP contribution in [-0.2, 0) is 9.47 Å². The van der Waals surface area contributed by atoms with Gasteiger partial charge in [0.25, 0.3) is 0 Å². The first-order valence-electron chi connectivity index (χ1n) is 8.44. The maximum atomic E-state index is 6.08. The fourth-order valence-corrected chi connectivity index (χ4v) is 4.20. The Morgan fingerprint density at radius 3 is 2.60 bits per heavy atom. The second-order valence-electron chi connectivity index (χ2n) is 8.22. The monoisotopic (exact) mass is 281 g/mol. The highest BCUT2D eigenvalue weighted by Gasteiger charge is 2.46. The molecule has 1 saturated carbocycles. The van der Waals surface area contributed by atoms with Crippen LogP contribution in [0.3, 0.4) is 0 Å².